The minimum atomic E-state index is -3.00. The van der Waals surface area contributed by atoms with E-state index in [-0.39, 0.29) is 22.2 Å². The van der Waals surface area contributed by atoms with Gasteiger partial charge in [-0.1, -0.05) is 29.3 Å². The summed E-state index contributed by atoms with van der Waals surface area (Å²) in [5.74, 6) is -0.291. The zero-order valence-electron chi connectivity index (χ0n) is 7.31. The van der Waals surface area contributed by atoms with Crippen LogP contribution in [0, 0.1) is 11.3 Å². The molecule has 0 radical (unpaired) electrons. The van der Waals surface area contributed by atoms with Crippen molar-refractivity contribution in [2.75, 3.05) is 0 Å². The van der Waals surface area contributed by atoms with Gasteiger partial charge in [0.15, 0.2) is 5.75 Å². The van der Waals surface area contributed by atoms with Crippen molar-refractivity contribution in [3.05, 3.63) is 27.7 Å². The third-order valence-electron chi connectivity index (χ3n) is 1.61. The van der Waals surface area contributed by atoms with Crippen molar-refractivity contribution < 1.29 is 13.5 Å². The number of nitrogens with zero attached hydrogens (tertiary/aromatic N) is 1. The topological polar surface area (TPSA) is 33.0 Å². The standard InChI is InChI=1S/C9H5Cl2F2NO/c10-6-2-1-5(3-4-14)7(11)8(6)15-9(12)13/h1-2,9H,3H2. The van der Waals surface area contributed by atoms with Gasteiger partial charge < -0.3 is 4.74 Å². The van der Waals surface area contributed by atoms with Crippen molar-refractivity contribution >= 4 is 23.2 Å². The molecule has 15 heavy (non-hydrogen) atoms. The van der Waals surface area contributed by atoms with Crippen LogP contribution in [0.3, 0.4) is 0 Å². The lowest BCUT2D eigenvalue weighted by Crippen LogP contribution is -2.03. The Kier molecular flexibility index (Phi) is 4.13. The minimum Gasteiger partial charge on any atom is -0.432 e. The molecule has 0 aliphatic rings. The first-order valence-corrected chi connectivity index (χ1v) is 4.60. The highest BCUT2D eigenvalue weighted by molar-refractivity contribution is 6.37. The molecule has 0 bridgehead atoms. The maximum absolute atomic E-state index is 12.0. The molecule has 0 aliphatic carbocycles. The Hall–Kier alpha value is -1.05. The van der Waals surface area contributed by atoms with Crippen molar-refractivity contribution in [1.82, 2.24) is 0 Å². The van der Waals surface area contributed by atoms with Crippen LogP contribution in [0.2, 0.25) is 10.0 Å². The predicted molar refractivity (Wildman–Crippen MR) is 52.4 cm³/mol. The number of rotatable bonds is 3. The molecule has 0 saturated heterocycles. The summed E-state index contributed by atoms with van der Waals surface area (Å²) in [5.41, 5.74) is 0.402. The van der Waals surface area contributed by atoms with Gasteiger partial charge >= 0.3 is 6.61 Å². The predicted octanol–water partition coefficient (Wildman–Crippen LogP) is 3.66. The number of alkyl halides is 2. The number of nitriles is 1. The third kappa shape index (κ3) is 2.95. The van der Waals surface area contributed by atoms with Gasteiger partial charge in [-0.15, -0.1) is 0 Å². The fourth-order valence-corrected chi connectivity index (χ4v) is 1.52. The zero-order chi connectivity index (χ0) is 11.4. The number of halogens is 4. The van der Waals surface area contributed by atoms with E-state index in [1.807, 2.05) is 6.07 Å². The minimum absolute atomic E-state index is 0.00952. The van der Waals surface area contributed by atoms with E-state index < -0.39 is 6.61 Å². The van der Waals surface area contributed by atoms with E-state index in [1.165, 1.54) is 12.1 Å². The third-order valence-corrected chi connectivity index (χ3v) is 2.32. The maximum Gasteiger partial charge on any atom is 0.387 e. The molecule has 0 aromatic heterocycles. The van der Waals surface area contributed by atoms with Crippen LogP contribution >= 0.6 is 23.2 Å². The van der Waals surface area contributed by atoms with E-state index in [4.69, 9.17) is 28.5 Å². The molecule has 6 heteroatoms. The molecule has 1 aromatic carbocycles. The van der Waals surface area contributed by atoms with Crippen molar-refractivity contribution in [1.29, 1.82) is 5.26 Å². The lowest BCUT2D eigenvalue weighted by atomic mass is 10.1. The van der Waals surface area contributed by atoms with Crippen molar-refractivity contribution in [2.24, 2.45) is 0 Å². The molecule has 1 rings (SSSR count). The Labute approximate surface area is 95.0 Å². The summed E-state index contributed by atoms with van der Waals surface area (Å²) in [6, 6.07) is 4.71. The van der Waals surface area contributed by atoms with E-state index in [1.54, 1.807) is 0 Å². The van der Waals surface area contributed by atoms with Gasteiger partial charge in [-0.3, -0.25) is 0 Å². The second-order valence-corrected chi connectivity index (χ2v) is 3.35. The molecule has 2 nitrogen and oxygen atoms in total. The molecular formula is C9H5Cl2F2NO. The van der Waals surface area contributed by atoms with Gasteiger partial charge in [-0.2, -0.15) is 14.0 Å². The Morgan fingerprint density at radius 3 is 2.60 bits per heavy atom. The molecule has 80 valence electrons. The van der Waals surface area contributed by atoms with Gasteiger partial charge in [-0.25, -0.2) is 0 Å². The molecule has 0 aliphatic heterocycles. The van der Waals surface area contributed by atoms with Crippen molar-refractivity contribution in [2.45, 2.75) is 13.0 Å². The maximum atomic E-state index is 12.0. The number of hydrogen-bond acceptors (Lipinski definition) is 2. The van der Waals surface area contributed by atoms with E-state index in [2.05, 4.69) is 4.74 Å². The Balaban J connectivity index is 3.13. The van der Waals surface area contributed by atoms with Crippen LogP contribution in [-0.2, 0) is 6.42 Å². The normalized spacial score (nSPS) is 10.1. The molecule has 0 saturated carbocycles. The molecule has 0 spiro atoms. The SMILES string of the molecule is N#CCc1ccc(Cl)c(OC(F)F)c1Cl. The number of benzene rings is 1. The molecular weight excluding hydrogens is 247 g/mol. The largest absolute Gasteiger partial charge is 0.432 e. The molecule has 0 N–H and O–H groups in total. The van der Waals surface area contributed by atoms with E-state index in [0.717, 1.165) is 0 Å². The van der Waals surface area contributed by atoms with Crippen molar-refractivity contribution in [3.8, 4) is 11.8 Å². The fraction of sp³-hybridized carbons (Fsp3) is 0.222. The quantitative estimate of drug-likeness (QED) is 0.822. The molecule has 0 heterocycles. The highest BCUT2D eigenvalue weighted by Gasteiger charge is 2.15. The summed E-state index contributed by atoms with van der Waals surface area (Å²) in [5, 5.41) is 8.39. The lowest BCUT2D eigenvalue weighted by Gasteiger charge is -2.10. The lowest BCUT2D eigenvalue weighted by molar-refractivity contribution is -0.0497. The Morgan fingerprint density at radius 1 is 1.40 bits per heavy atom. The van der Waals surface area contributed by atoms with E-state index >= 15 is 0 Å². The van der Waals surface area contributed by atoms with E-state index in [0.29, 0.717) is 5.56 Å². The van der Waals surface area contributed by atoms with Gasteiger partial charge in [0.05, 0.1) is 22.5 Å². The van der Waals surface area contributed by atoms with Gasteiger partial charge in [0, 0.05) is 0 Å². The molecule has 0 amide bonds. The summed E-state index contributed by atoms with van der Waals surface area (Å²) in [7, 11) is 0. The summed E-state index contributed by atoms with van der Waals surface area (Å²) in [4.78, 5) is 0. The van der Waals surface area contributed by atoms with Gasteiger partial charge in [0.2, 0.25) is 0 Å². The molecule has 0 unspecified atom stereocenters. The van der Waals surface area contributed by atoms with Gasteiger partial charge in [0.25, 0.3) is 0 Å². The van der Waals surface area contributed by atoms with Crippen LogP contribution in [0.5, 0.6) is 5.75 Å². The summed E-state index contributed by atoms with van der Waals surface area (Å²) >= 11 is 11.4. The molecule has 1 aromatic rings. The smallest absolute Gasteiger partial charge is 0.387 e. The Morgan fingerprint density at radius 2 is 2.07 bits per heavy atom. The Bertz CT molecular complexity index is 404. The second-order valence-electron chi connectivity index (χ2n) is 2.56. The highest BCUT2D eigenvalue weighted by atomic mass is 35.5. The van der Waals surface area contributed by atoms with Crippen molar-refractivity contribution in [3.63, 3.8) is 0 Å². The first-order valence-electron chi connectivity index (χ1n) is 3.85. The molecule has 0 fully saturated rings. The zero-order valence-corrected chi connectivity index (χ0v) is 8.82. The van der Waals surface area contributed by atoms with Crippen LogP contribution < -0.4 is 4.74 Å². The average Bonchev–Trinajstić information content (AvgIpc) is 2.17. The second kappa shape index (κ2) is 5.15. The number of hydrogen-bond donors (Lipinski definition) is 0. The summed E-state index contributed by atoms with van der Waals surface area (Å²) < 4.78 is 28.1. The first-order chi connectivity index (χ1) is 7.06. The summed E-state index contributed by atoms with van der Waals surface area (Å²) in [6.07, 6.45) is 0.00952. The van der Waals surface area contributed by atoms with Crippen LogP contribution in [0.4, 0.5) is 8.78 Å². The van der Waals surface area contributed by atoms with Crippen LogP contribution in [-0.4, -0.2) is 6.61 Å². The first kappa shape index (κ1) is 12.0. The van der Waals surface area contributed by atoms with Crippen LogP contribution in [0.1, 0.15) is 5.56 Å². The van der Waals surface area contributed by atoms with Gasteiger partial charge in [0.1, 0.15) is 0 Å². The van der Waals surface area contributed by atoms with E-state index in [9.17, 15) is 8.78 Å². The van der Waals surface area contributed by atoms with Gasteiger partial charge in [-0.05, 0) is 11.6 Å². The fourth-order valence-electron chi connectivity index (χ4n) is 0.992. The number of ether oxygens (including phenoxy) is 1. The van der Waals surface area contributed by atoms with Crippen LogP contribution in [0.25, 0.3) is 0 Å². The average molecular weight is 252 g/mol. The highest BCUT2D eigenvalue weighted by Crippen LogP contribution is 2.36. The molecule has 0 atom stereocenters. The summed E-state index contributed by atoms with van der Waals surface area (Å²) in [6.45, 7) is -3.00. The van der Waals surface area contributed by atoms with Crippen LogP contribution in [0.15, 0.2) is 12.1 Å². The monoisotopic (exact) mass is 251 g/mol.